The standard InChI is InChI=1S/C31H43F5N5O4PSSi/c1-22(18-41-20-40-28-30(37)38-19-39-31(28)41)44-21-46(42,43)45-14-13-16-47-15-11-9-7-5-4-6-8-10-12-17-48(2,3)29-26(35)24(33)23(32)25(34)27(29)36/h19-20,22H,4-11,13-16,18,21H2,1-3H3,(H,42,43)(H2,37,38,39)/t22-/m1/s1. The highest BCUT2D eigenvalue weighted by Crippen LogP contribution is 2.42. The van der Waals surface area contributed by atoms with Crippen LogP contribution in [0.3, 0.4) is 0 Å². The molecular formula is C31H43F5N5O4PSSi. The zero-order valence-electron chi connectivity index (χ0n) is 27.4. The molecule has 1 unspecified atom stereocenters. The molecule has 3 rings (SSSR count). The lowest BCUT2D eigenvalue weighted by molar-refractivity contribution is 0.0718. The number of fused-ring (bicyclic) bond motifs is 1. The maximum absolute atomic E-state index is 14.2. The predicted molar refractivity (Wildman–Crippen MR) is 181 cm³/mol. The SMILES string of the molecule is C[C@H](Cn1cnc2c(N)ncnc21)OCP(=O)(O)OCCCSCCCCCCCCCC#C[Si](C)(C)c1c(F)c(F)c(F)c(F)c1F. The van der Waals surface area contributed by atoms with Gasteiger partial charge in [-0.3, -0.25) is 4.57 Å². The Morgan fingerprint density at radius 3 is 2.23 bits per heavy atom. The fraction of sp³-hybridized carbons (Fsp3) is 0.581. The van der Waals surface area contributed by atoms with Crippen LogP contribution in [0.4, 0.5) is 27.8 Å². The third kappa shape index (κ3) is 11.8. The van der Waals surface area contributed by atoms with Gasteiger partial charge in [0.2, 0.25) is 5.82 Å². The van der Waals surface area contributed by atoms with E-state index in [1.165, 1.54) is 19.4 Å². The Bertz CT molecular complexity index is 1590. The van der Waals surface area contributed by atoms with Gasteiger partial charge < -0.3 is 24.5 Å². The number of hydrogen-bond acceptors (Lipinski definition) is 8. The zero-order chi connectivity index (χ0) is 35.3. The summed E-state index contributed by atoms with van der Waals surface area (Å²) >= 11 is 1.78. The molecule has 0 radical (unpaired) electrons. The minimum absolute atomic E-state index is 0.169. The van der Waals surface area contributed by atoms with Crippen LogP contribution in [0.1, 0.15) is 64.7 Å². The summed E-state index contributed by atoms with van der Waals surface area (Å²) in [5.74, 6) is -4.61. The first-order chi connectivity index (χ1) is 22.7. The molecule has 17 heteroatoms. The average molecular weight is 736 g/mol. The Labute approximate surface area is 283 Å². The van der Waals surface area contributed by atoms with E-state index in [0.29, 0.717) is 30.6 Å². The molecule has 0 amide bonds. The summed E-state index contributed by atoms with van der Waals surface area (Å²) in [5.41, 5.74) is 9.65. The topological polar surface area (TPSA) is 125 Å². The molecule has 3 N–H and O–H groups in total. The minimum Gasteiger partial charge on any atom is -0.382 e. The van der Waals surface area contributed by atoms with Gasteiger partial charge in [0.1, 0.15) is 18.2 Å². The second kappa shape index (κ2) is 19.0. The second-order valence-corrected chi connectivity index (χ2v) is 19.0. The highest BCUT2D eigenvalue weighted by Gasteiger charge is 2.35. The van der Waals surface area contributed by atoms with E-state index in [2.05, 4.69) is 26.4 Å². The van der Waals surface area contributed by atoms with Crippen molar-refractivity contribution in [1.82, 2.24) is 19.5 Å². The molecule has 266 valence electrons. The number of benzene rings is 1. The van der Waals surface area contributed by atoms with E-state index in [-0.39, 0.29) is 12.4 Å². The molecule has 0 fully saturated rings. The van der Waals surface area contributed by atoms with Gasteiger partial charge in [-0.05, 0) is 37.7 Å². The van der Waals surface area contributed by atoms with E-state index in [1.54, 1.807) is 29.6 Å². The van der Waals surface area contributed by atoms with Crippen LogP contribution in [0.5, 0.6) is 0 Å². The van der Waals surface area contributed by atoms with Crippen molar-refractivity contribution >= 4 is 49.6 Å². The molecule has 2 atom stereocenters. The number of unbranched alkanes of at least 4 members (excludes halogenated alkanes) is 7. The molecule has 2 aromatic heterocycles. The normalized spacial score (nSPS) is 13.8. The monoisotopic (exact) mass is 735 g/mol. The summed E-state index contributed by atoms with van der Waals surface area (Å²) in [5, 5.41) is -0.777. The van der Waals surface area contributed by atoms with Crippen molar-refractivity contribution in [3.05, 3.63) is 41.7 Å². The largest absolute Gasteiger partial charge is 0.382 e. The zero-order valence-corrected chi connectivity index (χ0v) is 30.1. The molecule has 0 spiro atoms. The van der Waals surface area contributed by atoms with E-state index in [9.17, 15) is 31.4 Å². The molecule has 0 saturated carbocycles. The van der Waals surface area contributed by atoms with Crippen molar-refractivity contribution in [1.29, 1.82) is 0 Å². The van der Waals surface area contributed by atoms with E-state index >= 15 is 0 Å². The number of nitrogen functional groups attached to an aromatic ring is 1. The number of anilines is 1. The molecule has 1 aromatic carbocycles. The van der Waals surface area contributed by atoms with E-state index < -0.39 is 62.4 Å². The van der Waals surface area contributed by atoms with Crippen LogP contribution in [0, 0.1) is 40.6 Å². The van der Waals surface area contributed by atoms with Crippen molar-refractivity contribution in [3.63, 3.8) is 0 Å². The number of nitrogens with two attached hydrogens (primary N) is 1. The van der Waals surface area contributed by atoms with Crippen LogP contribution in [0.25, 0.3) is 11.2 Å². The fourth-order valence-electron chi connectivity index (χ4n) is 4.89. The first kappa shape index (κ1) is 39.9. The molecule has 9 nitrogen and oxygen atoms in total. The summed E-state index contributed by atoms with van der Waals surface area (Å²) in [6.07, 6.45) is 10.4. The summed E-state index contributed by atoms with van der Waals surface area (Å²) in [6, 6.07) is 0. The minimum atomic E-state index is -3.88. The second-order valence-electron chi connectivity index (χ2n) is 12.0. The van der Waals surface area contributed by atoms with Gasteiger partial charge in [0.15, 0.2) is 42.8 Å². The summed E-state index contributed by atoms with van der Waals surface area (Å²) in [6.45, 7) is 5.25. The summed E-state index contributed by atoms with van der Waals surface area (Å²) < 4.78 is 93.7. The summed E-state index contributed by atoms with van der Waals surface area (Å²) in [4.78, 5) is 22.4. The Balaban J connectivity index is 1.17. The predicted octanol–water partition coefficient (Wildman–Crippen LogP) is 7.07. The maximum Gasteiger partial charge on any atom is 0.353 e. The van der Waals surface area contributed by atoms with E-state index in [0.717, 1.165) is 56.5 Å². The third-order valence-electron chi connectivity index (χ3n) is 7.46. The number of imidazole rings is 1. The lowest BCUT2D eigenvalue weighted by Gasteiger charge is -2.18. The molecule has 48 heavy (non-hydrogen) atoms. The fourth-order valence-corrected chi connectivity index (χ4v) is 8.77. The number of halogens is 5. The van der Waals surface area contributed by atoms with Crippen molar-refractivity contribution in [2.24, 2.45) is 0 Å². The number of aromatic nitrogens is 4. The quantitative estimate of drug-likeness (QED) is 0.0239. The van der Waals surface area contributed by atoms with Gasteiger partial charge in [-0.15, -0.1) is 11.5 Å². The van der Waals surface area contributed by atoms with Crippen molar-refractivity contribution in [2.45, 2.75) is 90.5 Å². The third-order valence-corrected chi connectivity index (χ3v) is 12.2. The number of rotatable bonds is 20. The molecule has 2 heterocycles. The Hall–Kier alpha value is -2.54. The van der Waals surface area contributed by atoms with E-state index in [1.807, 2.05) is 0 Å². The van der Waals surface area contributed by atoms with Crippen molar-refractivity contribution in [2.75, 3.05) is 30.2 Å². The van der Waals surface area contributed by atoms with Crippen LogP contribution in [-0.2, 0) is 20.4 Å². The molecule has 0 aliphatic heterocycles. The Morgan fingerprint density at radius 1 is 0.938 bits per heavy atom. The van der Waals surface area contributed by atoms with Crippen LogP contribution in [-0.4, -0.2) is 63.1 Å². The van der Waals surface area contributed by atoms with Gasteiger partial charge in [0.05, 0.1) is 25.6 Å². The van der Waals surface area contributed by atoms with Crippen LogP contribution >= 0.6 is 19.4 Å². The smallest absolute Gasteiger partial charge is 0.353 e. The highest BCUT2D eigenvalue weighted by molar-refractivity contribution is 7.99. The molecular weight excluding hydrogens is 692 g/mol. The molecule has 0 aliphatic rings. The van der Waals surface area contributed by atoms with Gasteiger partial charge in [-0.2, -0.15) is 11.8 Å². The number of ether oxygens (including phenoxy) is 1. The maximum atomic E-state index is 14.2. The van der Waals surface area contributed by atoms with Gasteiger partial charge in [0, 0.05) is 11.6 Å². The van der Waals surface area contributed by atoms with Crippen molar-refractivity contribution < 1.29 is 40.7 Å². The summed E-state index contributed by atoms with van der Waals surface area (Å²) in [7, 11) is -7.07. The Morgan fingerprint density at radius 2 is 1.54 bits per heavy atom. The average Bonchev–Trinajstić information content (AvgIpc) is 3.45. The highest BCUT2D eigenvalue weighted by atomic mass is 32.2. The number of nitrogens with zero attached hydrogens (tertiary/aromatic N) is 4. The van der Waals surface area contributed by atoms with Crippen LogP contribution < -0.4 is 10.9 Å². The molecule has 0 bridgehead atoms. The molecule has 3 aromatic rings. The Kier molecular flexibility index (Phi) is 15.8. The van der Waals surface area contributed by atoms with Gasteiger partial charge in [-0.1, -0.05) is 45.2 Å². The molecule has 0 saturated heterocycles. The number of hydrogen-bond donors (Lipinski definition) is 2. The van der Waals surface area contributed by atoms with Crippen molar-refractivity contribution in [3.8, 4) is 11.5 Å². The van der Waals surface area contributed by atoms with Gasteiger partial charge in [0.25, 0.3) is 0 Å². The lowest BCUT2D eigenvalue weighted by Crippen LogP contribution is -2.46. The first-order valence-corrected chi connectivity index (χ1v) is 21.8. The first-order valence-electron chi connectivity index (χ1n) is 15.8. The number of thioether (sulfide) groups is 1. The van der Waals surface area contributed by atoms with Crippen LogP contribution in [0.15, 0.2) is 12.7 Å². The van der Waals surface area contributed by atoms with Crippen LogP contribution in [0.2, 0.25) is 13.1 Å². The molecule has 0 aliphatic carbocycles. The van der Waals surface area contributed by atoms with Gasteiger partial charge in [-0.25, -0.2) is 36.9 Å². The lowest BCUT2D eigenvalue weighted by atomic mass is 10.1. The van der Waals surface area contributed by atoms with Gasteiger partial charge >= 0.3 is 7.60 Å². The van der Waals surface area contributed by atoms with E-state index in [4.69, 9.17) is 15.0 Å².